The Morgan fingerprint density at radius 1 is 1.28 bits per heavy atom. The summed E-state index contributed by atoms with van der Waals surface area (Å²) in [5, 5.41) is 4.03. The van der Waals surface area contributed by atoms with Crippen LogP contribution < -0.4 is 0 Å². The second-order valence-electron chi connectivity index (χ2n) is 7.20. The maximum absolute atomic E-state index is 12.7. The predicted molar refractivity (Wildman–Crippen MR) is 107 cm³/mol. The third kappa shape index (κ3) is 4.86. The topological polar surface area (TPSA) is 81.4 Å². The Bertz CT molecular complexity index is 957. The van der Waals surface area contributed by atoms with E-state index in [-0.39, 0.29) is 12.0 Å². The highest BCUT2D eigenvalue weighted by Crippen LogP contribution is 2.18. The molecule has 0 spiro atoms. The van der Waals surface area contributed by atoms with Gasteiger partial charge in [0.25, 0.3) is 11.8 Å². The van der Waals surface area contributed by atoms with Crippen LogP contribution in [0.3, 0.4) is 0 Å². The summed E-state index contributed by atoms with van der Waals surface area (Å²) < 4.78 is 11.3. The average molecular weight is 392 g/mol. The highest BCUT2D eigenvalue weighted by molar-refractivity contribution is 5.94. The van der Waals surface area contributed by atoms with Crippen LogP contribution in [0.25, 0.3) is 11.5 Å². The van der Waals surface area contributed by atoms with Crippen molar-refractivity contribution in [3.05, 3.63) is 65.7 Å². The van der Waals surface area contributed by atoms with E-state index in [2.05, 4.69) is 15.1 Å². The Morgan fingerprint density at radius 2 is 2.14 bits per heavy atom. The van der Waals surface area contributed by atoms with E-state index in [1.165, 1.54) is 0 Å². The first-order chi connectivity index (χ1) is 14.2. The molecule has 1 aliphatic rings. The van der Waals surface area contributed by atoms with Crippen LogP contribution in [-0.2, 0) is 11.2 Å². The summed E-state index contributed by atoms with van der Waals surface area (Å²) in [6.45, 7) is 3.74. The molecule has 4 rings (SSSR count). The number of rotatable bonds is 6. The van der Waals surface area contributed by atoms with E-state index in [1.54, 1.807) is 12.3 Å². The van der Waals surface area contributed by atoms with Crippen molar-refractivity contribution in [2.24, 2.45) is 0 Å². The fourth-order valence-corrected chi connectivity index (χ4v) is 3.49. The van der Waals surface area contributed by atoms with E-state index in [1.807, 2.05) is 48.2 Å². The molecule has 7 heteroatoms. The monoisotopic (exact) mass is 392 g/mol. The fraction of sp³-hybridized carbons (Fsp3) is 0.364. The number of ether oxygens (including phenoxy) is 1. The molecule has 2 aromatic heterocycles. The van der Waals surface area contributed by atoms with Crippen LogP contribution in [-0.4, -0.2) is 51.7 Å². The van der Waals surface area contributed by atoms with E-state index in [9.17, 15) is 4.79 Å². The number of aryl methyl sites for hydroxylation is 1. The molecule has 1 atom stereocenters. The summed E-state index contributed by atoms with van der Waals surface area (Å²) in [6, 6.07) is 13.3. The molecule has 1 unspecified atom stereocenters. The van der Waals surface area contributed by atoms with Gasteiger partial charge in [-0.15, -0.1) is 0 Å². The minimum atomic E-state index is 0.0242. The van der Waals surface area contributed by atoms with Gasteiger partial charge in [0.1, 0.15) is 0 Å². The van der Waals surface area contributed by atoms with Gasteiger partial charge in [0.05, 0.1) is 12.7 Å². The molecule has 1 fully saturated rings. The molecule has 1 amide bonds. The fourth-order valence-electron chi connectivity index (χ4n) is 3.49. The summed E-state index contributed by atoms with van der Waals surface area (Å²) in [7, 11) is 0. The number of carbonyl (C=O) groups is 1. The third-order valence-electron chi connectivity index (χ3n) is 4.98. The van der Waals surface area contributed by atoms with Crippen molar-refractivity contribution in [2.75, 3.05) is 19.7 Å². The van der Waals surface area contributed by atoms with E-state index in [4.69, 9.17) is 9.26 Å². The largest absolute Gasteiger partial charge is 0.376 e. The lowest BCUT2D eigenvalue weighted by Crippen LogP contribution is -2.43. The molecule has 3 heterocycles. The Morgan fingerprint density at radius 3 is 2.97 bits per heavy atom. The van der Waals surface area contributed by atoms with Crippen molar-refractivity contribution >= 4 is 5.91 Å². The molecule has 1 aromatic carbocycles. The van der Waals surface area contributed by atoms with Gasteiger partial charge in [0.2, 0.25) is 0 Å². The standard InChI is InChI=1S/C22H24N4O3/c1-16-14-18(9-11-23-16)22(27)26-12-5-8-19(15-26)28-13-10-20-24-21(29-25-20)17-6-3-2-4-7-17/h2-4,6-7,9,11,14,19H,5,8,10,12-13,15H2,1H3. The number of hydrogen-bond donors (Lipinski definition) is 0. The van der Waals surface area contributed by atoms with Gasteiger partial charge in [-0.25, -0.2) is 0 Å². The quantitative estimate of drug-likeness (QED) is 0.640. The highest BCUT2D eigenvalue weighted by Gasteiger charge is 2.25. The van der Waals surface area contributed by atoms with Gasteiger partial charge in [-0.05, 0) is 44.0 Å². The second kappa shape index (κ2) is 8.96. The molecule has 3 aromatic rings. The number of aromatic nitrogens is 3. The van der Waals surface area contributed by atoms with E-state index in [0.717, 1.165) is 30.6 Å². The number of likely N-dealkylation sites (tertiary alicyclic amines) is 1. The van der Waals surface area contributed by atoms with Gasteiger partial charge in [0, 0.05) is 42.5 Å². The zero-order chi connectivity index (χ0) is 20.1. The van der Waals surface area contributed by atoms with Crippen LogP contribution in [0, 0.1) is 6.92 Å². The predicted octanol–water partition coefficient (Wildman–Crippen LogP) is 3.30. The van der Waals surface area contributed by atoms with Gasteiger partial charge in [0.15, 0.2) is 5.82 Å². The van der Waals surface area contributed by atoms with Crippen LogP contribution in [0.1, 0.15) is 34.7 Å². The maximum Gasteiger partial charge on any atom is 0.257 e. The molecule has 150 valence electrons. The number of amides is 1. The number of pyridine rings is 1. The molecule has 0 bridgehead atoms. The van der Waals surface area contributed by atoms with Crippen molar-refractivity contribution in [1.29, 1.82) is 0 Å². The molecule has 0 N–H and O–H groups in total. The Balaban J connectivity index is 1.28. The summed E-state index contributed by atoms with van der Waals surface area (Å²) >= 11 is 0. The summed E-state index contributed by atoms with van der Waals surface area (Å²) in [5.74, 6) is 1.18. The summed E-state index contributed by atoms with van der Waals surface area (Å²) in [5.41, 5.74) is 2.42. The molecular weight excluding hydrogens is 368 g/mol. The molecular formula is C22H24N4O3. The lowest BCUT2D eigenvalue weighted by molar-refractivity contribution is 0.00250. The Kier molecular flexibility index (Phi) is 5.95. The molecule has 0 aliphatic carbocycles. The van der Waals surface area contributed by atoms with Crippen molar-refractivity contribution in [2.45, 2.75) is 32.3 Å². The van der Waals surface area contributed by atoms with Crippen LogP contribution in [0.15, 0.2) is 53.2 Å². The number of benzene rings is 1. The van der Waals surface area contributed by atoms with Crippen LogP contribution >= 0.6 is 0 Å². The zero-order valence-corrected chi connectivity index (χ0v) is 16.5. The van der Waals surface area contributed by atoms with Crippen molar-refractivity contribution in [3.63, 3.8) is 0 Å². The number of piperidine rings is 1. The van der Waals surface area contributed by atoms with E-state index >= 15 is 0 Å². The average Bonchev–Trinajstić information content (AvgIpc) is 3.23. The lowest BCUT2D eigenvalue weighted by Gasteiger charge is -2.32. The van der Waals surface area contributed by atoms with Crippen molar-refractivity contribution in [1.82, 2.24) is 20.0 Å². The van der Waals surface area contributed by atoms with Gasteiger partial charge in [-0.3, -0.25) is 9.78 Å². The molecule has 1 saturated heterocycles. The molecule has 0 radical (unpaired) electrons. The first-order valence-corrected chi connectivity index (χ1v) is 9.90. The minimum absolute atomic E-state index is 0.0242. The second-order valence-corrected chi connectivity index (χ2v) is 7.20. The molecule has 7 nitrogen and oxygen atoms in total. The molecule has 1 aliphatic heterocycles. The summed E-state index contributed by atoms with van der Waals surface area (Å²) in [6.07, 6.45) is 4.15. The normalized spacial score (nSPS) is 16.7. The van der Waals surface area contributed by atoms with Crippen LogP contribution in [0.2, 0.25) is 0 Å². The first kappa shape index (κ1) is 19.3. The van der Waals surface area contributed by atoms with Crippen molar-refractivity contribution in [3.8, 4) is 11.5 Å². The molecule has 0 saturated carbocycles. The Labute approximate surface area is 169 Å². The number of carbonyl (C=O) groups excluding carboxylic acids is 1. The number of hydrogen-bond acceptors (Lipinski definition) is 6. The van der Waals surface area contributed by atoms with E-state index in [0.29, 0.717) is 36.9 Å². The lowest BCUT2D eigenvalue weighted by atomic mass is 10.1. The third-order valence-corrected chi connectivity index (χ3v) is 4.98. The zero-order valence-electron chi connectivity index (χ0n) is 16.5. The highest BCUT2D eigenvalue weighted by atomic mass is 16.5. The first-order valence-electron chi connectivity index (χ1n) is 9.90. The SMILES string of the molecule is Cc1cc(C(=O)N2CCCC(OCCc3noc(-c4ccccc4)n3)C2)ccn1. The molecule has 29 heavy (non-hydrogen) atoms. The maximum atomic E-state index is 12.7. The van der Waals surface area contributed by atoms with Crippen LogP contribution in [0.5, 0.6) is 0 Å². The van der Waals surface area contributed by atoms with Gasteiger partial charge in [-0.2, -0.15) is 4.98 Å². The van der Waals surface area contributed by atoms with Crippen molar-refractivity contribution < 1.29 is 14.1 Å². The van der Waals surface area contributed by atoms with E-state index < -0.39 is 0 Å². The van der Waals surface area contributed by atoms with Gasteiger partial charge in [-0.1, -0.05) is 23.4 Å². The smallest absolute Gasteiger partial charge is 0.257 e. The number of nitrogens with zero attached hydrogens (tertiary/aromatic N) is 4. The minimum Gasteiger partial charge on any atom is -0.376 e. The van der Waals surface area contributed by atoms with Crippen LogP contribution in [0.4, 0.5) is 0 Å². The summed E-state index contributed by atoms with van der Waals surface area (Å²) in [4.78, 5) is 23.2. The van der Waals surface area contributed by atoms with Gasteiger partial charge < -0.3 is 14.2 Å². The Hall–Kier alpha value is -3.06. The van der Waals surface area contributed by atoms with Gasteiger partial charge >= 0.3 is 0 Å².